The largest absolute Gasteiger partial charge is 0.385 e. The highest BCUT2D eigenvalue weighted by Crippen LogP contribution is 2.14. The summed E-state index contributed by atoms with van der Waals surface area (Å²) in [5.41, 5.74) is 5.99. The minimum absolute atomic E-state index is 0.165. The molecule has 1 aromatic rings. The van der Waals surface area contributed by atoms with Gasteiger partial charge in [0.2, 0.25) is 0 Å². The summed E-state index contributed by atoms with van der Waals surface area (Å²) >= 11 is 0. The molecule has 0 fully saturated rings. The molecule has 0 saturated heterocycles. The fourth-order valence-electron chi connectivity index (χ4n) is 1.49. The highest BCUT2D eigenvalue weighted by atomic mass is 16.5. The molecule has 0 aromatic carbocycles. The van der Waals surface area contributed by atoms with Crippen LogP contribution in [0.25, 0.3) is 0 Å². The number of nitrogens with zero attached hydrogens (tertiary/aromatic N) is 2. The van der Waals surface area contributed by atoms with E-state index in [1.807, 2.05) is 24.0 Å². The number of aryl methyl sites for hydroxylation is 2. The lowest BCUT2D eigenvalue weighted by atomic mass is 9.93. The smallest absolute Gasteiger partial charge is 0.108 e. The fraction of sp³-hybridized carbons (Fsp3) is 0.727. The number of hydrogen-bond donors (Lipinski definition) is 1. The number of hydrogen-bond acceptors (Lipinski definition) is 3. The van der Waals surface area contributed by atoms with Crippen molar-refractivity contribution < 1.29 is 4.74 Å². The van der Waals surface area contributed by atoms with Gasteiger partial charge in [-0.25, -0.2) is 4.98 Å². The van der Waals surface area contributed by atoms with Gasteiger partial charge in [0.15, 0.2) is 0 Å². The van der Waals surface area contributed by atoms with Crippen LogP contribution in [0.2, 0.25) is 0 Å². The van der Waals surface area contributed by atoms with Gasteiger partial charge in [-0.2, -0.15) is 0 Å². The molecule has 2 N–H and O–H groups in total. The quantitative estimate of drug-likeness (QED) is 0.766. The Morgan fingerprint density at radius 2 is 2.27 bits per heavy atom. The van der Waals surface area contributed by atoms with Gasteiger partial charge in [-0.1, -0.05) is 0 Å². The summed E-state index contributed by atoms with van der Waals surface area (Å²) in [5.74, 6) is 1.09. The monoisotopic (exact) mass is 211 g/mol. The molecular weight excluding hydrogens is 190 g/mol. The summed E-state index contributed by atoms with van der Waals surface area (Å²) in [7, 11) is 3.71. The van der Waals surface area contributed by atoms with Crippen molar-refractivity contribution in [3.63, 3.8) is 0 Å². The molecule has 4 nitrogen and oxygen atoms in total. The van der Waals surface area contributed by atoms with E-state index in [1.165, 1.54) is 0 Å². The first-order chi connectivity index (χ1) is 7.05. The fourth-order valence-corrected chi connectivity index (χ4v) is 1.49. The Hall–Kier alpha value is -0.870. The highest BCUT2D eigenvalue weighted by molar-refractivity contribution is 4.93. The van der Waals surface area contributed by atoms with Crippen LogP contribution >= 0.6 is 0 Å². The molecule has 0 aliphatic carbocycles. The lowest BCUT2D eigenvalue weighted by Gasteiger charge is -2.23. The number of ether oxygens (including phenoxy) is 1. The van der Waals surface area contributed by atoms with Gasteiger partial charge in [-0.3, -0.25) is 0 Å². The van der Waals surface area contributed by atoms with Crippen molar-refractivity contribution in [1.29, 1.82) is 0 Å². The van der Waals surface area contributed by atoms with Gasteiger partial charge >= 0.3 is 0 Å². The Balaban J connectivity index is 2.39. The average Bonchev–Trinajstić information content (AvgIpc) is 2.58. The molecule has 1 heterocycles. The lowest BCUT2D eigenvalue weighted by molar-refractivity contribution is 0.169. The molecule has 1 atom stereocenters. The van der Waals surface area contributed by atoms with Crippen LogP contribution in [0.3, 0.4) is 0 Å². The van der Waals surface area contributed by atoms with Gasteiger partial charge in [0, 0.05) is 45.1 Å². The summed E-state index contributed by atoms with van der Waals surface area (Å²) in [5, 5.41) is 0. The first kappa shape index (κ1) is 12.2. The van der Waals surface area contributed by atoms with Crippen molar-refractivity contribution in [2.75, 3.05) is 13.7 Å². The zero-order valence-corrected chi connectivity index (χ0v) is 9.86. The van der Waals surface area contributed by atoms with Gasteiger partial charge < -0.3 is 15.0 Å². The van der Waals surface area contributed by atoms with Gasteiger partial charge in [0.1, 0.15) is 5.82 Å². The first-order valence-corrected chi connectivity index (χ1v) is 5.29. The van der Waals surface area contributed by atoms with E-state index in [-0.39, 0.29) is 5.54 Å². The summed E-state index contributed by atoms with van der Waals surface area (Å²) in [6.45, 7) is 2.78. The van der Waals surface area contributed by atoms with E-state index in [4.69, 9.17) is 10.5 Å². The lowest BCUT2D eigenvalue weighted by Crippen LogP contribution is -2.38. The van der Waals surface area contributed by atoms with Crippen LogP contribution in [0.5, 0.6) is 0 Å². The number of methoxy groups -OCH3 is 1. The van der Waals surface area contributed by atoms with E-state index in [0.29, 0.717) is 6.61 Å². The summed E-state index contributed by atoms with van der Waals surface area (Å²) in [4.78, 5) is 4.28. The molecule has 0 bridgehead atoms. The van der Waals surface area contributed by atoms with Crippen molar-refractivity contribution in [2.45, 2.75) is 31.7 Å². The van der Waals surface area contributed by atoms with Crippen LogP contribution in [0, 0.1) is 0 Å². The Kier molecular flexibility index (Phi) is 4.29. The molecule has 1 rings (SSSR count). The minimum Gasteiger partial charge on any atom is -0.385 e. The Bertz CT molecular complexity index is 294. The normalized spacial score (nSPS) is 15.2. The van der Waals surface area contributed by atoms with E-state index in [0.717, 1.165) is 25.1 Å². The molecule has 4 heteroatoms. The number of imidazole rings is 1. The zero-order chi connectivity index (χ0) is 11.3. The second-order valence-electron chi connectivity index (χ2n) is 4.35. The van der Waals surface area contributed by atoms with Crippen molar-refractivity contribution >= 4 is 0 Å². The second kappa shape index (κ2) is 5.28. The van der Waals surface area contributed by atoms with Gasteiger partial charge in [0.05, 0.1) is 0 Å². The molecule has 0 amide bonds. The third kappa shape index (κ3) is 4.01. The molecule has 0 radical (unpaired) electrons. The second-order valence-corrected chi connectivity index (χ2v) is 4.35. The van der Waals surface area contributed by atoms with Gasteiger partial charge in [0.25, 0.3) is 0 Å². The van der Waals surface area contributed by atoms with Crippen molar-refractivity contribution in [2.24, 2.45) is 12.8 Å². The predicted molar refractivity (Wildman–Crippen MR) is 60.6 cm³/mol. The van der Waals surface area contributed by atoms with Crippen LogP contribution < -0.4 is 5.73 Å². The molecule has 0 spiro atoms. The van der Waals surface area contributed by atoms with E-state index >= 15 is 0 Å². The third-order valence-corrected chi connectivity index (χ3v) is 2.72. The zero-order valence-electron chi connectivity index (χ0n) is 9.86. The van der Waals surface area contributed by atoms with Crippen LogP contribution in [-0.2, 0) is 18.2 Å². The van der Waals surface area contributed by atoms with Crippen LogP contribution in [0.1, 0.15) is 25.6 Å². The maximum absolute atomic E-state index is 6.15. The van der Waals surface area contributed by atoms with Gasteiger partial charge in [-0.15, -0.1) is 0 Å². The molecule has 1 aromatic heterocycles. The number of aromatic nitrogens is 2. The molecule has 15 heavy (non-hydrogen) atoms. The molecule has 1 unspecified atom stereocenters. The van der Waals surface area contributed by atoms with E-state index in [1.54, 1.807) is 7.11 Å². The van der Waals surface area contributed by atoms with Crippen LogP contribution in [0.4, 0.5) is 0 Å². The summed E-state index contributed by atoms with van der Waals surface area (Å²) in [6, 6.07) is 0. The van der Waals surface area contributed by atoms with Crippen molar-refractivity contribution in [3.8, 4) is 0 Å². The van der Waals surface area contributed by atoms with E-state index < -0.39 is 0 Å². The standard InChI is InChI=1S/C11H21N3O/c1-11(12,6-9-15-3)5-4-10-13-7-8-14(10)2/h7-8H,4-6,9,12H2,1-3H3. The molecule has 0 saturated carbocycles. The average molecular weight is 211 g/mol. The molecule has 86 valence electrons. The van der Waals surface area contributed by atoms with E-state index in [9.17, 15) is 0 Å². The summed E-state index contributed by atoms with van der Waals surface area (Å²) < 4.78 is 7.07. The minimum atomic E-state index is -0.165. The maximum atomic E-state index is 6.15. The van der Waals surface area contributed by atoms with Gasteiger partial charge in [-0.05, 0) is 19.8 Å². The molecular formula is C11H21N3O. The third-order valence-electron chi connectivity index (χ3n) is 2.72. The first-order valence-electron chi connectivity index (χ1n) is 5.29. The maximum Gasteiger partial charge on any atom is 0.108 e. The Labute approximate surface area is 91.4 Å². The van der Waals surface area contributed by atoms with Crippen molar-refractivity contribution in [1.82, 2.24) is 9.55 Å². The number of rotatable bonds is 6. The Morgan fingerprint density at radius 3 is 2.80 bits per heavy atom. The van der Waals surface area contributed by atoms with Crippen LogP contribution in [0.15, 0.2) is 12.4 Å². The van der Waals surface area contributed by atoms with E-state index in [2.05, 4.69) is 11.9 Å². The highest BCUT2D eigenvalue weighted by Gasteiger charge is 2.18. The Morgan fingerprint density at radius 1 is 1.53 bits per heavy atom. The predicted octanol–water partition coefficient (Wildman–Crippen LogP) is 1.11. The molecule has 0 aliphatic rings. The molecule has 0 aliphatic heterocycles. The number of nitrogens with two attached hydrogens (primary N) is 1. The summed E-state index contributed by atoms with van der Waals surface area (Å²) in [6.07, 6.45) is 6.51. The topological polar surface area (TPSA) is 53.1 Å². The SMILES string of the molecule is COCCC(C)(N)CCc1nccn1C. The van der Waals surface area contributed by atoms with Crippen LogP contribution in [-0.4, -0.2) is 28.8 Å². The van der Waals surface area contributed by atoms with Crippen molar-refractivity contribution in [3.05, 3.63) is 18.2 Å².